The molecule has 0 saturated carbocycles. The van der Waals surface area contributed by atoms with E-state index in [1.807, 2.05) is 12.2 Å². The maximum atomic E-state index is 2.99. The van der Waals surface area contributed by atoms with Crippen LogP contribution in [-0.2, 0) is 0 Å². The summed E-state index contributed by atoms with van der Waals surface area (Å²) >= 11 is 0. The summed E-state index contributed by atoms with van der Waals surface area (Å²) in [5.41, 5.74) is 0. The summed E-state index contributed by atoms with van der Waals surface area (Å²) in [6.07, 6.45) is 10.0. The van der Waals surface area contributed by atoms with Gasteiger partial charge in [0.15, 0.2) is 0 Å². The van der Waals surface area contributed by atoms with Crippen molar-refractivity contribution in [2.75, 3.05) is 0 Å². The molecule has 0 aromatic carbocycles. The van der Waals surface area contributed by atoms with Crippen molar-refractivity contribution in [3.05, 3.63) is 24.3 Å². The van der Waals surface area contributed by atoms with Crippen LogP contribution in [-0.4, -0.2) is 0 Å². The fourth-order valence-electron chi connectivity index (χ4n) is 0.340. The molecule has 30 valence electrons. The second-order valence-corrected chi connectivity index (χ2v) is 1.00. The van der Waals surface area contributed by atoms with E-state index >= 15 is 0 Å². The van der Waals surface area contributed by atoms with E-state index in [1.54, 1.807) is 0 Å². The molecule has 1 aliphatic rings. The average Bonchev–Trinajstić information content (AvgIpc) is 1.76. The first kappa shape index (κ1) is 6.53. The Hall–Kier alpha value is 0.532. The summed E-state index contributed by atoms with van der Waals surface area (Å²) in [5.74, 6) is 0. The Morgan fingerprint density at radius 2 is 2.33 bits per heavy atom. The van der Waals surface area contributed by atoms with Crippen LogP contribution in [0.5, 0.6) is 0 Å². The monoisotopic (exact) mass is 303 g/mol. The molecule has 6 heavy (non-hydrogen) atoms. The standard InChI is InChI=1S/C5H5.U/c1-2-4-5-3-1;/h1-3H,4H2;/q-1;. The van der Waals surface area contributed by atoms with Gasteiger partial charge in [0.25, 0.3) is 0 Å². The Balaban J connectivity index is 0.000000250. The molecule has 0 saturated heterocycles. The second kappa shape index (κ2) is 3.71. The van der Waals surface area contributed by atoms with Gasteiger partial charge in [-0.05, 0) is 0 Å². The van der Waals surface area contributed by atoms with Gasteiger partial charge in [-0.25, -0.2) is 12.2 Å². The van der Waals surface area contributed by atoms with Crippen molar-refractivity contribution in [2.24, 2.45) is 0 Å². The van der Waals surface area contributed by atoms with Gasteiger partial charge in [0, 0.05) is 31.1 Å². The molecule has 0 aliphatic heterocycles. The summed E-state index contributed by atoms with van der Waals surface area (Å²) in [6, 6.07) is 0. The van der Waals surface area contributed by atoms with E-state index in [0.29, 0.717) is 0 Å². The largest absolute Gasteiger partial charge is 0.273 e. The molecule has 0 atom stereocenters. The summed E-state index contributed by atoms with van der Waals surface area (Å²) in [7, 11) is 0. The smallest absolute Gasteiger partial charge is 0 e. The Kier molecular flexibility index (Phi) is 4.04. The molecule has 0 aromatic rings. The van der Waals surface area contributed by atoms with E-state index in [9.17, 15) is 0 Å². The molecule has 1 aliphatic carbocycles. The van der Waals surface area contributed by atoms with E-state index in [0.717, 1.165) is 6.42 Å². The maximum Gasteiger partial charge on any atom is 0 e. The van der Waals surface area contributed by atoms with Gasteiger partial charge in [-0.3, -0.25) is 6.08 Å². The first-order valence-electron chi connectivity index (χ1n) is 1.72. The van der Waals surface area contributed by atoms with Crippen molar-refractivity contribution in [1.82, 2.24) is 0 Å². The Bertz CT molecular complexity index is 62.0. The van der Waals surface area contributed by atoms with Gasteiger partial charge in [0.05, 0.1) is 0 Å². The van der Waals surface area contributed by atoms with Gasteiger partial charge in [0.1, 0.15) is 0 Å². The molecule has 0 nitrogen and oxygen atoms in total. The second-order valence-electron chi connectivity index (χ2n) is 1.00. The fraction of sp³-hybridized carbons (Fsp3) is 0.200. The summed E-state index contributed by atoms with van der Waals surface area (Å²) in [6.45, 7) is 0. The number of hydrogen-bond acceptors (Lipinski definition) is 0. The van der Waals surface area contributed by atoms with E-state index in [1.165, 1.54) is 0 Å². The van der Waals surface area contributed by atoms with Crippen LogP contribution in [0.15, 0.2) is 18.2 Å². The van der Waals surface area contributed by atoms with Gasteiger partial charge < -0.3 is 0 Å². The van der Waals surface area contributed by atoms with Crippen LogP contribution in [0.1, 0.15) is 6.42 Å². The summed E-state index contributed by atoms with van der Waals surface area (Å²) in [4.78, 5) is 0. The normalized spacial score (nSPS) is 14.7. The molecular weight excluding hydrogens is 298 g/mol. The molecule has 0 heterocycles. The zero-order valence-electron chi connectivity index (χ0n) is 3.44. The Morgan fingerprint density at radius 3 is 2.50 bits per heavy atom. The minimum absolute atomic E-state index is 0. The predicted molar refractivity (Wildman–Crippen MR) is 21.6 cm³/mol. The van der Waals surface area contributed by atoms with Crippen LogP contribution >= 0.6 is 0 Å². The van der Waals surface area contributed by atoms with Crippen molar-refractivity contribution in [2.45, 2.75) is 6.42 Å². The van der Waals surface area contributed by atoms with E-state index < -0.39 is 0 Å². The van der Waals surface area contributed by atoms with Crippen LogP contribution in [0.25, 0.3) is 0 Å². The number of hydrogen-bond donors (Lipinski definition) is 0. The van der Waals surface area contributed by atoms with Crippen LogP contribution < -0.4 is 0 Å². The van der Waals surface area contributed by atoms with Crippen LogP contribution in [0.3, 0.4) is 0 Å². The molecule has 0 unspecified atom stereocenters. The molecule has 0 bridgehead atoms. The molecule has 1 rings (SSSR count). The quantitative estimate of drug-likeness (QED) is 0.592. The van der Waals surface area contributed by atoms with Gasteiger partial charge >= 0.3 is 0 Å². The van der Waals surface area contributed by atoms with Crippen molar-refractivity contribution in [3.8, 4) is 0 Å². The Labute approximate surface area is 61.7 Å². The molecule has 1 heteroatoms. The topological polar surface area (TPSA) is 0 Å². The average molecular weight is 303 g/mol. The number of rotatable bonds is 0. The molecule has 0 radical (unpaired) electrons. The predicted octanol–water partition coefficient (Wildman–Crippen LogP) is 1.31. The summed E-state index contributed by atoms with van der Waals surface area (Å²) < 4.78 is 0. The zero-order chi connectivity index (χ0) is 3.54. The first-order chi connectivity index (χ1) is 2.50. The van der Waals surface area contributed by atoms with Gasteiger partial charge in [-0.1, -0.05) is 0 Å². The van der Waals surface area contributed by atoms with E-state index in [2.05, 4.69) is 12.2 Å². The van der Waals surface area contributed by atoms with Crippen LogP contribution in [0.4, 0.5) is 0 Å². The minimum Gasteiger partial charge on any atom is -0.273 e. The minimum atomic E-state index is 0. The van der Waals surface area contributed by atoms with E-state index in [4.69, 9.17) is 0 Å². The van der Waals surface area contributed by atoms with Crippen molar-refractivity contribution in [3.63, 3.8) is 0 Å². The van der Waals surface area contributed by atoms with Crippen LogP contribution in [0, 0.1) is 37.2 Å². The molecule has 0 amide bonds. The van der Waals surface area contributed by atoms with Gasteiger partial charge in [0.2, 0.25) is 0 Å². The van der Waals surface area contributed by atoms with Crippen molar-refractivity contribution < 1.29 is 31.1 Å². The third kappa shape index (κ3) is 1.85. The fourth-order valence-corrected chi connectivity index (χ4v) is 0.340. The summed E-state index contributed by atoms with van der Waals surface area (Å²) in [5, 5.41) is 0. The third-order valence-corrected chi connectivity index (χ3v) is 0.586. The third-order valence-electron chi connectivity index (χ3n) is 0.586. The van der Waals surface area contributed by atoms with Crippen molar-refractivity contribution in [1.29, 1.82) is 0 Å². The van der Waals surface area contributed by atoms with Gasteiger partial charge in [-0.2, -0.15) is 6.08 Å². The Morgan fingerprint density at radius 1 is 1.50 bits per heavy atom. The molecule has 0 N–H and O–H groups in total. The first-order valence-corrected chi connectivity index (χ1v) is 1.72. The number of allylic oxidation sites excluding steroid dienone is 4. The molecule has 0 fully saturated rings. The zero-order valence-corrected chi connectivity index (χ0v) is 7.60. The molecular formula is C5H5U-. The van der Waals surface area contributed by atoms with Gasteiger partial charge in [-0.15, -0.1) is 6.42 Å². The van der Waals surface area contributed by atoms with E-state index in [-0.39, 0.29) is 31.1 Å². The van der Waals surface area contributed by atoms with Crippen molar-refractivity contribution >= 4 is 0 Å². The molecule has 0 spiro atoms. The SMILES string of the molecule is [C-]1=CC=CC1.[U]. The maximum absolute atomic E-state index is 2.99. The van der Waals surface area contributed by atoms with Crippen LogP contribution in [0.2, 0.25) is 0 Å². The molecule has 0 aromatic heterocycles.